The van der Waals surface area contributed by atoms with Gasteiger partial charge in [-0.2, -0.15) is 0 Å². The summed E-state index contributed by atoms with van der Waals surface area (Å²) in [5.41, 5.74) is 7.68. The van der Waals surface area contributed by atoms with Crippen molar-refractivity contribution in [3.05, 3.63) is 47.7 Å². The van der Waals surface area contributed by atoms with Crippen molar-refractivity contribution in [2.75, 3.05) is 11.5 Å². The third-order valence-electron chi connectivity index (χ3n) is 3.75. The van der Waals surface area contributed by atoms with E-state index in [9.17, 15) is 4.79 Å². The van der Waals surface area contributed by atoms with Crippen LogP contribution in [0.4, 0.5) is 5.82 Å². The van der Waals surface area contributed by atoms with Gasteiger partial charge in [0.1, 0.15) is 5.82 Å². The maximum absolute atomic E-state index is 12.3. The molecule has 1 atom stereocenters. The second-order valence-corrected chi connectivity index (χ2v) is 6.74. The summed E-state index contributed by atoms with van der Waals surface area (Å²) in [4.78, 5) is 20.7. The molecule has 1 saturated carbocycles. The van der Waals surface area contributed by atoms with Gasteiger partial charge in [-0.15, -0.1) is 0 Å². The molecule has 0 bridgehead atoms. The fourth-order valence-corrected chi connectivity index (χ4v) is 3.26. The Morgan fingerprint density at radius 3 is 2.74 bits per heavy atom. The Bertz CT molecular complexity index is 668. The summed E-state index contributed by atoms with van der Waals surface area (Å²) in [6.45, 7) is 1.86. The van der Waals surface area contributed by atoms with Gasteiger partial charge in [0.15, 0.2) is 5.16 Å². The van der Waals surface area contributed by atoms with Crippen LogP contribution in [-0.2, 0) is 4.79 Å². The van der Waals surface area contributed by atoms with E-state index < -0.39 is 0 Å². The average Bonchev–Trinajstić information content (AvgIpc) is 3.35. The van der Waals surface area contributed by atoms with E-state index in [1.165, 1.54) is 30.2 Å². The number of aryl methyl sites for hydroxylation is 1. The van der Waals surface area contributed by atoms with Crippen LogP contribution in [0.3, 0.4) is 0 Å². The molecular weight excluding hydrogens is 308 g/mol. The molecule has 1 aliphatic rings. The number of rotatable bonds is 6. The van der Waals surface area contributed by atoms with E-state index in [2.05, 4.69) is 27.4 Å². The molecule has 120 valence electrons. The minimum absolute atomic E-state index is 0.000527. The third-order valence-corrected chi connectivity index (χ3v) is 4.60. The smallest absolute Gasteiger partial charge is 0.230 e. The number of anilines is 1. The second kappa shape index (κ2) is 7.00. The number of hydrogen-bond donors (Lipinski definition) is 2. The summed E-state index contributed by atoms with van der Waals surface area (Å²) in [7, 11) is 0. The topological polar surface area (TPSA) is 80.9 Å². The number of thioether (sulfide) groups is 1. The number of aromatic nitrogens is 2. The van der Waals surface area contributed by atoms with Crippen LogP contribution in [-0.4, -0.2) is 21.6 Å². The zero-order valence-electron chi connectivity index (χ0n) is 13.0. The van der Waals surface area contributed by atoms with E-state index in [1.54, 1.807) is 6.07 Å². The first-order valence-corrected chi connectivity index (χ1v) is 8.68. The molecule has 0 aliphatic heterocycles. The van der Waals surface area contributed by atoms with Crippen LogP contribution in [0, 0.1) is 12.8 Å². The first-order chi connectivity index (χ1) is 11.1. The monoisotopic (exact) mass is 328 g/mol. The summed E-state index contributed by atoms with van der Waals surface area (Å²) in [5, 5.41) is 3.69. The van der Waals surface area contributed by atoms with Gasteiger partial charge in [0.2, 0.25) is 5.91 Å². The lowest BCUT2D eigenvalue weighted by Crippen LogP contribution is -2.31. The number of carbonyl (C=O) groups excluding carboxylic acids is 1. The van der Waals surface area contributed by atoms with Gasteiger partial charge in [-0.05, 0) is 31.2 Å². The van der Waals surface area contributed by atoms with E-state index in [0.717, 1.165) is 5.69 Å². The van der Waals surface area contributed by atoms with E-state index in [1.807, 2.05) is 25.1 Å². The van der Waals surface area contributed by atoms with Crippen molar-refractivity contribution in [3.8, 4) is 0 Å². The summed E-state index contributed by atoms with van der Waals surface area (Å²) in [6.07, 6.45) is 2.34. The normalized spacial score (nSPS) is 15.2. The highest BCUT2D eigenvalue weighted by molar-refractivity contribution is 7.99. The minimum atomic E-state index is -0.000527. The van der Waals surface area contributed by atoms with E-state index >= 15 is 0 Å². The number of nitrogens with two attached hydrogens (primary N) is 1. The fraction of sp³-hybridized carbons (Fsp3) is 0.353. The van der Waals surface area contributed by atoms with Crippen LogP contribution in [0.5, 0.6) is 0 Å². The Morgan fingerprint density at radius 2 is 2.09 bits per heavy atom. The van der Waals surface area contributed by atoms with Gasteiger partial charge in [0.05, 0.1) is 11.8 Å². The molecule has 6 heteroatoms. The molecule has 1 heterocycles. The standard InChI is InChI=1S/C17H20N4OS/c1-11-9-14(18)20-17(19-11)23-10-15(22)21-16(13-7-8-13)12-5-3-2-4-6-12/h2-6,9,13,16H,7-8,10H2,1H3,(H,21,22)(H2,18,19,20). The van der Waals surface area contributed by atoms with Gasteiger partial charge in [0.25, 0.3) is 0 Å². The molecule has 0 spiro atoms. The summed E-state index contributed by atoms with van der Waals surface area (Å²) in [5.74, 6) is 1.27. The van der Waals surface area contributed by atoms with Crippen molar-refractivity contribution < 1.29 is 4.79 Å². The maximum Gasteiger partial charge on any atom is 0.230 e. The largest absolute Gasteiger partial charge is 0.384 e. The van der Waals surface area contributed by atoms with E-state index in [-0.39, 0.29) is 11.9 Å². The highest BCUT2D eigenvalue weighted by Gasteiger charge is 2.33. The number of nitrogen functional groups attached to an aromatic ring is 1. The van der Waals surface area contributed by atoms with Crippen LogP contribution >= 0.6 is 11.8 Å². The third kappa shape index (κ3) is 4.45. The summed E-state index contributed by atoms with van der Waals surface area (Å²) < 4.78 is 0. The first kappa shape index (κ1) is 15.8. The molecule has 2 aromatic rings. The Balaban J connectivity index is 1.59. The van der Waals surface area contributed by atoms with Gasteiger partial charge in [-0.3, -0.25) is 4.79 Å². The number of benzene rings is 1. The van der Waals surface area contributed by atoms with Crippen LogP contribution in [0.2, 0.25) is 0 Å². The van der Waals surface area contributed by atoms with Crippen molar-refractivity contribution in [3.63, 3.8) is 0 Å². The Hall–Kier alpha value is -2.08. The molecule has 5 nitrogen and oxygen atoms in total. The number of nitrogens with zero attached hydrogens (tertiary/aromatic N) is 2. The molecule has 3 rings (SSSR count). The molecule has 1 aliphatic carbocycles. The Labute approximate surface area is 140 Å². The number of nitrogens with one attached hydrogen (secondary N) is 1. The van der Waals surface area contributed by atoms with Gasteiger partial charge in [-0.1, -0.05) is 42.1 Å². The molecule has 1 aromatic heterocycles. The predicted octanol–water partition coefficient (Wildman–Crippen LogP) is 2.73. The molecule has 1 unspecified atom stereocenters. The molecule has 1 aromatic carbocycles. The first-order valence-electron chi connectivity index (χ1n) is 7.70. The molecule has 0 radical (unpaired) electrons. The fourth-order valence-electron chi connectivity index (χ4n) is 2.54. The van der Waals surface area contributed by atoms with Crippen molar-refractivity contribution >= 4 is 23.5 Å². The van der Waals surface area contributed by atoms with Gasteiger partial charge in [0, 0.05) is 11.8 Å². The van der Waals surface area contributed by atoms with Gasteiger partial charge in [-0.25, -0.2) is 9.97 Å². The van der Waals surface area contributed by atoms with Gasteiger partial charge >= 0.3 is 0 Å². The number of amides is 1. The minimum Gasteiger partial charge on any atom is -0.384 e. The number of hydrogen-bond acceptors (Lipinski definition) is 5. The zero-order chi connectivity index (χ0) is 16.2. The maximum atomic E-state index is 12.3. The zero-order valence-corrected chi connectivity index (χ0v) is 13.8. The Morgan fingerprint density at radius 1 is 1.35 bits per heavy atom. The van der Waals surface area contributed by atoms with Crippen molar-refractivity contribution in [1.29, 1.82) is 0 Å². The molecule has 3 N–H and O–H groups in total. The van der Waals surface area contributed by atoms with E-state index in [4.69, 9.17) is 5.73 Å². The lowest BCUT2D eigenvalue weighted by Gasteiger charge is -2.18. The molecular formula is C17H20N4OS. The van der Waals surface area contributed by atoms with Crippen LogP contribution < -0.4 is 11.1 Å². The van der Waals surface area contributed by atoms with Crippen LogP contribution in [0.15, 0.2) is 41.6 Å². The SMILES string of the molecule is Cc1cc(N)nc(SCC(=O)NC(c2ccccc2)C2CC2)n1. The number of carbonyl (C=O) groups is 1. The highest BCUT2D eigenvalue weighted by atomic mass is 32.2. The van der Waals surface area contributed by atoms with Gasteiger partial charge < -0.3 is 11.1 Å². The lowest BCUT2D eigenvalue weighted by atomic mass is 10.0. The summed E-state index contributed by atoms with van der Waals surface area (Å²) in [6, 6.07) is 12.0. The average molecular weight is 328 g/mol. The predicted molar refractivity (Wildman–Crippen MR) is 92.0 cm³/mol. The van der Waals surface area contributed by atoms with Crippen LogP contribution in [0.1, 0.15) is 30.1 Å². The summed E-state index contributed by atoms with van der Waals surface area (Å²) >= 11 is 1.31. The van der Waals surface area contributed by atoms with Crippen LogP contribution in [0.25, 0.3) is 0 Å². The quantitative estimate of drug-likeness (QED) is 0.629. The lowest BCUT2D eigenvalue weighted by molar-refractivity contribution is -0.119. The van der Waals surface area contributed by atoms with E-state index in [0.29, 0.717) is 22.6 Å². The Kier molecular flexibility index (Phi) is 4.81. The van der Waals surface area contributed by atoms with Crippen molar-refractivity contribution in [2.24, 2.45) is 5.92 Å². The molecule has 23 heavy (non-hydrogen) atoms. The molecule has 1 fully saturated rings. The van der Waals surface area contributed by atoms with Crippen molar-refractivity contribution in [2.45, 2.75) is 31.0 Å². The molecule has 0 saturated heterocycles. The highest BCUT2D eigenvalue weighted by Crippen LogP contribution is 2.40. The second-order valence-electron chi connectivity index (χ2n) is 5.80. The van der Waals surface area contributed by atoms with Crippen molar-refractivity contribution in [1.82, 2.24) is 15.3 Å². The molecule has 1 amide bonds.